The normalized spacial score (nSPS) is 16.5. The first-order valence-electron chi connectivity index (χ1n) is 5.43. The van der Waals surface area contributed by atoms with Crippen LogP contribution in [0.2, 0.25) is 5.02 Å². The zero-order chi connectivity index (χ0) is 12.6. The van der Waals surface area contributed by atoms with E-state index >= 15 is 0 Å². The Kier molecular flexibility index (Phi) is 3.83. The summed E-state index contributed by atoms with van der Waals surface area (Å²) in [6.45, 7) is 2.34. The first-order valence-corrected chi connectivity index (χ1v) is 8.05. The molecule has 2 rings (SSSR count). The molecule has 0 atom stereocenters. The van der Waals surface area contributed by atoms with Crippen molar-refractivity contribution in [2.45, 2.75) is 30.7 Å². The van der Waals surface area contributed by atoms with Crippen molar-refractivity contribution < 1.29 is 8.42 Å². The highest BCUT2D eigenvalue weighted by atomic mass is 79.9. The van der Waals surface area contributed by atoms with Gasteiger partial charge in [0.05, 0.1) is 5.02 Å². The Hall–Kier alpha value is -0.100. The Balaban J connectivity index is 2.43. The van der Waals surface area contributed by atoms with Gasteiger partial charge in [-0.3, -0.25) is 0 Å². The molecule has 0 bridgehead atoms. The van der Waals surface area contributed by atoms with Crippen LogP contribution in [-0.2, 0) is 10.0 Å². The number of sulfonamides is 1. The average Bonchev–Trinajstić information content (AvgIpc) is 3.01. The fraction of sp³-hybridized carbons (Fsp3) is 0.455. The van der Waals surface area contributed by atoms with Gasteiger partial charge in [0, 0.05) is 17.1 Å². The van der Waals surface area contributed by atoms with Crippen molar-refractivity contribution in [2.24, 2.45) is 0 Å². The van der Waals surface area contributed by atoms with Gasteiger partial charge in [-0.1, -0.05) is 34.5 Å². The van der Waals surface area contributed by atoms with Gasteiger partial charge in [-0.05, 0) is 31.0 Å². The molecule has 3 nitrogen and oxygen atoms in total. The second-order valence-electron chi connectivity index (χ2n) is 4.01. The van der Waals surface area contributed by atoms with E-state index in [-0.39, 0.29) is 16.0 Å². The Morgan fingerprint density at radius 3 is 2.59 bits per heavy atom. The third kappa shape index (κ3) is 2.67. The van der Waals surface area contributed by atoms with Gasteiger partial charge in [0.25, 0.3) is 0 Å². The molecule has 0 radical (unpaired) electrons. The highest BCUT2D eigenvalue weighted by Crippen LogP contribution is 2.34. The summed E-state index contributed by atoms with van der Waals surface area (Å²) in [4.78, 5) is 0.191. The summed E-state index contributed by atoms with van der Waals surface area (Å²) in [6, 6.07) is 5.01. The van der Waals surface area contributed by atoms with E-state index in [9.17, 15) is 8.42 Å². The van der Waals surface area contributed by atoms with E-state index in [2.05, 4.69) is 15.9 Å². The van der Waals surface area contributed by atoms with Gasteiger partial charge in [0.15, 0.2) is 0 Å². The van der Waals surface area contributed by atoms with Gasteiger partial charge in [-0.25, -0.2) is 8.42 Å². The van der Waals surface area contributed by atoms with Gasteiger partial charge in [0.1, 0.15) is 4.90 Å². The third-order valence-electron chi connectivity index (χ3n) is 2.75. The molecule has 17 heavy (non-hydrogen) atoms. The fourth-order valence-electron chi connectivity index (χ4n) is 1.80. The van der Waals surface area contributed by atoms with Gasteiger partial charge < -0.3 is 0 Å². The molecule has 1 aliphatic rings. The van der Waals surface area contributed by atoms with Crippen LogP contribution in [0, 0.1) is 0 Å². The molecule has 94 valence electrons. The number of hydrogen-bond donors (Lipinski definition) is 0. The number of halogens is 2. The molecule has 1 aromatic carbocycles. The molecule has 0 saturated heterocycles. The molecular weight excluding hydrogens is 326 g/mol. The molecule has 0 N–H and O–H groups in total. The van der Waals surface area contributed by atoms with Crippen LogP contribution in [0.1, 0.15) is 19.8 Å². The van der Waals surface area contributed by atoms with Gasteiger partial charge in [0.2, 0.25) is 10.0 Å². The van der Waals surface area contributed by atoms with E-state index in [4.69, 9.17) is 11.6 Å². The third-order valence-corrected chi connectivity index (χ3v) is 5.75. The number of rotatable bonds is 4. The Morgan fingerprint density at radius 1 is 1.47 bits per heavy atom. The van der Waals surface area contributed by atoms with Crippen LogP contribution >= 0.6 is 27.5 Å². The van der Waals surface area contributed by atoms with Gasteiger partial charge in [-0.15, -0.1) is 0 Å². The molecule has 0 aliphatic heterocycles. The van der Waals surface area contributed by atoms with E-state index in [0.29, 0.717) is 6.54 Å². The second kappa shape index (κ2) is 4.88. The van der Waals surface area contributed by atoms with Crippen LogP contribution in [0.25, 0.3) is 0 Å². The summed E-state index contributed by atoms with van der Waals surface area (Å²) in [7, 11) is -3.45. The highest BCUT2D eigenvalue weighted by molar-refractivity contribution is 9.10. The largest absolute Gasteiger partial charge is 0.244 e. The minimum Gasteiger partial charge on any atom is -0.207 e. The standard InChI is InChI=1S/C11H13BrClNO2S/c1-2-14(9-4-5-9)17(15,16)11-6-3-8(12)7-10(11)13/h3,6-7,9H,2,4-5H2,1H3. The van der Waals surface area contributed by atoms with Crippen LogP contribution in [-0.4, -0.2) is 25.3 Å². The Labute approximate surface area is 115 Å². The van der Waals surface area contributed by atoms with Crippen molar-refractivity contribution >= 4 is 37.6 Å². The van der Waals surface area contributed by atoms with E-state index in [1.165, 1.54) is 4.31 Å². The monoisotopic (exact) mass is 337 g/mol. The van der Waals surface area contributed by atoms with E-state index < -0.39 is 10.0 Å². The maximum Gasteiger partial charge on any atom is 0.244 e. The molecule has 0 aromatic heterocycles. The quantitative estimate of drug-likeness (QED) is 0.845. The molecule has 6 heteroatoms. The van der Waals surface area contributed by atoms with Crippen molar-refractivity contribution in [1.29, 1.82) is 0 Å². The number of nitrogens with zero attached hydrogens (tertiary/aromatic N) is 1. The van der Waals surface area contributed by atoms with Gasteiger partial charge in [-0.2, -0.15) is 4.31 Å². The van der Waals surface area contributed by atoms with Crippen LogP contribution in [0.5, 0.6) is 0 Å². The van der Waals surface area contributed by atoms with Crippen LogP contribution in [0.3, 0.4) is 0 Å². The molecule has 0 amide bonds. The van der Waals surface area contributed by atoms with Crippen LogP contribution < -0.4 is 0 Å². The van der Waals surface area contributed by atoms with Crippen molar-refractivity contribution in [3.63, 3.8) is 0 Å². The molecule has 1 aromatic rings. The lowest BCUT2D eigenvalue weighted by Gasteiger charge is -2.20. The lowest BCUT2D eigenvalue weighted by molar-refractivity contribution is 0.421. The van der Waals surface area contributed by atoms with E-state index in [0.717, 1.165) is 17.3 Å². The zero-order valence-electron chi connectivity index (χ0n) is 9.36. The molecule has 0 spiro atoms. The lowest BCUT2D eigenvalue weighted by atomic mass is 10.4. The molecule has 1 fully saturated rings. The summed E-state index contributed by atoms with van der Waals surface area (Å²) in [6.07, 6.45) is 1.89. The molecule has 0 unspecified atom stereocenters. The average molecular weight is 339 g/mol. The summed E-state index contributed by atoms with van der Waals surface area (Å²) < 4.78 is 27.1. The topological polar surface area (TPSA) is 37.4 Å². The summed E-state index contributed by atoms with van der Waals surface area (Å²) in [5, 5.41) is 0.262. The molecule has 1 aliphatic carbocycles. The van der Waals surface area contributed by atoms with Crippen LogP contribution in [0.15, 0.2) is 27.6 Å². The Morgan fingerprint density at radius 2 is 2.12 bits per heavy atom. The zero-order valence-corrected chi connectivity index (χ0v) is 12.5. The molecule has 1 saturated carbocycles. The van der Waals surface area contributed by atoms with Gasteiger partial charge >= 0.3 is 0 Å². The number of benzene rings is 1. The maximum atomic E-state index is 12.4. The smallest absolute Gasteiger partial charge is 0.207 e. The maximum absolute atomic E-state index is 12.4. The van der Waals surface area contributed by atoms with Crippen molar-refractivity contribution in [3.8, 4) is 0 Å². The summed E-state index contributed by atoms with van der Waals surface area (Å²) in [5.41, 5.74) is 0. The molecular formula is C11H13BrClNO2S. The van der Waals surface area contributed by atoms with Crippen molar-refractivity contribution in [1.82, 2.24) is 4.31 Å². The SMILES string of the molecule is CCN(C1CC1)S(=O)(=O)c1ccc(Br)cc1Cl. The first-order chi connectivity index (χ1) is 7.96. The second-order valence-corrected chi connectivity index (χ2v) is 7.20. The van der Waals surface area contributed by atoms with Crippen molar-refractivity contribution in [2.75, 3.05) is 6.54 Å². The van der Waals surface area contributed by atoms with Crippen molar-refractivity contribution in [3.05, 3.63) is 27.7 Å². The van der Waals surface area contributed by atoms with E-state index in [1.54, 1.807) is 18.2 Å². The minimum atomic E-state index is -3.45. The van der Waals surface area contributed by atoms with Crippen LogP contribution in [0.4, 0.5) is 0 Å². The minimum absolute atomic E-state index is 0.157. The fourth-order valence-corrected chi connectivity index (χ4v) is 4.50. The highest BCUT2D eigenvalue weighted by Gasteiger charge is 2.37. The number of hydrogen-bond acceptors (Lipinski definition) is 2. The molecule has 0 heterocycles. The predicted octanol–water partition coefficient (Wildman–Crippen LogP) is 3.28. The lowest BCUT2D eigenvalue weighted by Crippen LogP contribution is -2.33. The van der Waals surface area contributed by atoms with E-state index in [1.807, 2.05) is 6.92 Å². The summed E-state index contributed by atoms with van der Waals surface area (Å²) in [5.74, 6) is 0. The summed E-state index contributed by atoms with van der Waals surface area (Å²) >= 11 is 9.27. The predicted molar refractivity (Wildman–Crippen MR) is 71.7 cm³/mol. The first kappa shape index (κ1) is 13.3. The Bertz CT molecular complexity index is 528.